The minimum Gasteiger partial charge on any atom is -0.497 e. The largest absolute Gasteiger partial charge is 0.497 e. The number of aromatic amines is 1. The molecular formula is C20H29N3O4+2. The molecule has 0 radical (unpaired) electrons. The topological polar surface area (TPSA) is 75.4 Å². The normalized spacial score (nSPS) is 14.9. The van der Waals surface area contributed by atoms with Crippen molar-refractivity contribution in [2.24, 2.45) is 0 Å². The van der Waals surface area contributed by atoms with Crippen LogP contribution < -0.4 is 19.9 Å². The van der Waals surface area contributed by atoms with Crippen LogP contribution in [0, 0.1) is 0 Å². The lowest BCUT2D eigenvalue weighted by atomic mass is 10.1. The Hall–Kier alpha value is -2.38. The monoisotopic (exact) mass is 375 g/mol. The second-order valence-electron chi connectivity index (χ2n) is 6.60. The lowest BCUT2D eigenvalue weighted by Crippen LogP contribution is -3.14. The first-order chi connectivity index (χ1) is 13.2. The number of ether oxygens (including phenoxy) is 3. The minimum absolute atomic E-state index is 0.334. The quantitative estimate of drug-likeness (QED) is 0.521. The van der Waals surface area contributed by atoms with Gasteiger partial charge in [-0.1, -0.05) is 0 Å². The Labute approximate surface area is 159 Å². The van der Waals surface area contributed by atoms with Crippen LogP contribution in [-0.4, -0.2) is 59.1 Å². The number of anilines is 1. The van der Waals surface area contributed by atoms with E-state index in [1.807, 2.05) is 25.1 Å². The Morgan fingerprint density at radius 2 is 2.15 bits per heavy atom. The van der Waals surface area contributed by atoms with E-state index >= 15 is 0 Å². The van der Waals surface area contributed by atoms with E-state index in [0.717, 1.165) is 68.2 Å². The van der Waals surface area contributed by atoms with E-state index in [-0.39, 0.29) is 5.97 Å². The maximum Gasteiger partial charge on any atom is 0.346 e. The van der Waals surface area contributed by atoms with Crippen LogP contribution >= 0.6 is 0 Å². The van der Waals surface area contributed by atoms with Crippen molar-refractivity contribution in [1.82, 2.24) is 0 Å². The Morgan fingerprint density at radius 3 is 2.89 bits per heavy atom. The third-order valence-corrected chi connectivity index (χ3v) is 4.84. The summed E-state index contributed by atoms with van der Waals surface area (Å²) in [4.78, 5) is 17.2. The number of esters is 1. The van der Waals surface area contributed by atoms with Crippen molar-refractivity contribution in [2.75, 3.05) is 58.4 Å². The van der Waals surface area contributed by atoms with Crippen LogP contribution in [0.3, 0.4) is 0 Å². The Kier molecular flexibility index (Phi) is 6.84. The van der Waals surface area contributed by atoms with Crippen LogP contribution in [0.25, 0.3) is 10.9 Å². The summed E-state index contributed by atoms with van der Waals surface area (Å²) in [5, 5.41) is 4.38. The van der Waals surface area contributed by atoms with E-state index in [1.54, 1.807) is 18.2 Å². The molecular weight excluding hydrogens is 346 g/mol. The number of carbonyl (C=O) groups excluding carboxylic acids is 1. The highest BCUT2D eigenvalue weighted by Crippen LogP contribution is 2.28. The predicted octanol–water partition coefficient (Wildman–Crippen LogP) is 0.556. The average molecular weight is 375 g/mol. The summed E-state index contributed by atoms with van der Waals surface area (Å²) in [6, 6.07) is 5.78. The number of hydrogen-bond acceptors (Lipinski definition) is 5. The molecule has 27 heavy (non-hydrogen) atoms. The number of nitrogens with one attached hydrogen (secondary N) is 3. The van der Waals surface area contributed by atoms with E-state index in [0.29, 0.717) is 12.2 Å². The van der Waals surface area contributed by atoms with Gasteiger partial charge >= 0.3 is 5.97 Å². The molecule has 7 heteroatoms. The van der Waals surface area contributed by atoms with Gasteiger partial charge in [0.15, 0.2) is 6.20 Å². The third-order valence-electron chi connectivity index (χ3n) is 4.84. The average Bonchev–Trinajstić information content (AvgIpc) is 2.71. The molecule has 0 amide bonds. The third kappa shape index (κ3) is 4.87. The highest BCUT2D eigenvalue weighted by atomic mass is 16.5. The molecule has 0 aliphatic carbocycles. The summed E-state index contributed by atoms with van der Waals surface area (Å²) in [7, 11) is 1.64. The van der Waals surface area contributed by atoms with Crippen LogP contribution in [0.5, 0.6) is 5.75 Å². The van der Waals surface area contributed by atoms with Crippen molar-refractivity contribution in [2.45, 2.75) is 13.3 Å². The molecule has 3 N–H and O–H groups in total. The Morgan fingerprint density at radius 1 is 1.33 bits per heavy atom. The van der Waals surface area contributed by atoms with Crippen LogP contribution in [0.15, 0.2) is 24.4 Å². The zero-order valence-corrected chi connectivity index (χ0v) is 16.1. The standard InChI is InChI=1S/C20H27N3O4/c1-3-27-20(24)17-14-22-18-6-5-15(25-2)13-16(18)19(17)21-7-4-8-23-9-11-26-12-10-23/h5-6,13-14H,3-4,7-12H2,1-2H3,(H,21,22)/p+2. The first kappa shape index (κ1) is 19.4. The molecule has 0 bridgehead atoms. The first-order valence-corrected chi connectivity index (χ1v) is 9.57. The molecule has 0 spiro atoms. The highest BCUT2D eigenvalue weighted by molar-refractivity contribution is 6.04. The van der Waals surface area contributed by atoms with Crippen molar-refractivity contribution >= 4 is 22.6 Å². The number of hydrogen-bond donors (Lipinski definition) is 2. The molecule has 1 aromatic heterocycles. The smallest absolute Gasteiger partial charge is 0.346 e. The van der Waals surface area contributed by atoms with Crippen molar-refractivity contribution in [3.63, 3.8) is 0 Å². The van der Waals surface area contributed by atoms with Crippen LogP contribution in [0.4, 0.5) is 5.69 Å². The van der Waals surface area contributed by atoms with Gasteiger partial charge in [-0.15, -0.1) is 0 Å². The molecule has 1 fully saturated rings. The predicted molar refractivity (Wildman–Crippen MR) is 103 cm³/mol. The van der Waals surface area contributed by atoms with Gasteiger partial charge in [0.25, 0.3) is 0 Å². The van der Waals surface area contributed by atoms with E-state index in [9.17, 15) is 4.79 Å². The molecule has 1 aliphatic rings. The number of benzene rings is 1. The first-order valence-electron chi connectivity index (χ1n) is 9.57. The maximum absolute atomic E-state index is 12.4. The number of methoxy groups -OCH3 is 1. The lowest BCUT2D eigenvalue weighted by Gasteiger charge is -2.23. The van der Waals surface area contributed by atoms with Gasteiger partial charge in [-0.25, -0.2) is 9.78 Å². The molecule has 146 valence electrons. The summed E-state index contributed by atoms with van der Waals surface area (Å²) >= 11 is 0. The molecule has 0 unspecified atom stereocenters. The Bertz CT molecular complexity index is 775. The summed E-state index contributed by atoms with van der Waals surface area (Å²) < 4.78 is 16.0. The van der Waals surface area contributed by atoms with Gasteiger partial charge in [0.2, 0.25) is 5.52 Å². The molecule has 2 aromatic rings. The van der Waals surface area contributed by atoms with Gasteiger partial charge in [-0.05, 0) is 19.1 Å². The van der Waals surface area contributed by atoms with E-state index < -0.39 is 0 Å². The maximum atomic E-state index is 12.4. The summed E-state index contributed by atoms with van der Waals surface area (Å²) in [5.41, 5.74) is 2.24. The van der Waals surface area contributed by atoms with Crippen LogP contribution in [0.2, 0.25) is 0 Å². The number of rotatable bonds is 8. The zero-order chi connectivity index (χ0) is 19.1. The SMILES string of the molecule is CCOC(=O)c1c[nH+]c2ccc(OC)cc2c1NCCC[NH+]1CCOCC1. The second-order valence-corrected chi connectivity index (χ2v) is 6.60. The number of carbonyl (C=O) groups is 1. The highest BCUT2D eigenvalue weighted by Gasteiger charge is 2.21. The number of quaternary nitrogens is 1. The fourth-order valence-electron chi connectivity index (χ4n) is 3.37. The van der Waals surface area contributed by atoms with E-state index in [4.69, 9.17) is 14.2 Å². The molecule has 1 aliphatic heterocycles. The van der Waals surface area contributed by atoms with Gasteiger partial charge in [-0.3, -0.25) is 0 Å². The van der Waals surface area contributed by atoms with Gasteiger partial charge < -0.3 is 24.4 Å². The van der Waals surface area contributed by atoms with Crippen LogP contribution in [-0.2, 0) is 9.47 Å². The van der Waals surface area contributed by atoms with Gasteiger partial charge in [0, 0.05) is 19.0 Å². The molecule has 0 atom stereocenters. The molecule has 7 nitrogen and oxygen atoms in total. The minimum atomic E-state index is -0.334. The Balaban J connectivity index is 1.78. The van der Waals surface area contributed by atoms with Crippen molar-refractivity contribution in [1.29, 1.82) is 0 Å². The molecule has 0 saturated carbocycles. The van der Waals surface area contributed by atoms with E-state index in [1.165, 1.54) is 0 Å². The second kappa shape index (κ2) is 9.53. The van der Waals surface area contributed by atoms with Crippen molar-refractivity contribution in [3.05, 3.63) is 30.0 Å². The number of pyridine rings is 1. The molecule has 1 aromatic carbocycles. The summed E-state index contributed by atoms with van der Waals surface area (Å²) in [6.07, 6.45) is 2.73. The van der Waals surface area contributed by atoms with Crippen LogP contribution in [0.1, 0.15) is 23.7 Å². The van der Waals surface area contributed by atoms with Gasteiger partial charge in [-0.2, -0.15) is 0 Å². The number of morpholine rings is 1. The fourth-order valence-corrected chi connectivity index (χ4v) is 3.37. The summed E-state index contributed by atoms with van der Waals surface area (Å²) in [6.45, 7) is 7.84. The fraction of sp³-hybridized carbons (Fsp3) is 0.500. The number of H-pyrrole nitrogens is 1. The molecule has 1 saturated heterocycles. The van der Waals surface area contributed by atoms with Crippen molar-refractivity contribution in [3.8, 4) is 5.75 Å². The lowest BCUT2D eigenvalue weighted by molar-refractivity contribution is -0.908. The number of fused-ring (bicyclic) bond motifs is 1. The van der Waals surface area contributed by atoms with Gasteiger partial charge in [0.05, 0.1) is 44.5 Å². The van der Waals surface area contributed by atoms with Crippen molar-refractivity contribution < 1.29 is 28.9 Å². The van der Waals surface area contributed by atoms with Gasteiger partial charge in [0.1, 0.15) is 24.4 Å². The molecule has 2 heterocycles. The van der Waals surface area contributed by atoms with E-state index in [2.05, 4.69) is 10.3 Å². The zero-order valence-electron chi connectivity index (χ0n) is 16.1. The summed E-state index contributed by atoms with van der Waals surface area (Å²) in [5.74, 6) is 0.414. The molecule has 3 rings (SSSR count). The number of aromatic nitrogens is 1.